The molecule has 1 aromatic carbocycles. The fraction of sp³-hybridized carbons (Fsp3) is 0.273. The van der Waals surface area contributed by atoms with Gasteiger partial charge < -0.3 is 9.84 Å². The van der Waals surface area contributed by atoms with Crippen LogP contribution in [0.1, 0.15) is 23.6 Å². The highest BCUT2D eigenvalue weighted by Crippen LogP contribution is 2.27. The van der Waals surface area contributed by atoms with E-state index in [0.29, 0.717) is 35.5 Å². The summed E-state index contributed by atoms with van der Waals surface area (Å²) in [5, 5.41) is 12.1. The van der Waals surface area contributed by atoms with E-state index in [2.05, 4.69) is 15.0 Å². The van der Waals surface area contributed by atoms with Crippen molar-refractivity contribution in [2.45, 2.75) is 25.0 Å². The third kappa shape index (κ3) is 3.35. The van der Waals surface area contributed by atoms with Crippen LogP contribution in [0, 0.1) is 0 Å². The van der Waals surface area contributed by atoms with Crippen molar-refractivity contribution < 1.29 is 9.84 Å². The molecule has 0 radical (unpaired) electrons. The summed E-state index contributed by atoms with van der Waals surface area (Å²) >= 11 is 6.05. The molecule has 0 saturated carbocycles. The summed E-state index contributed by atoms with van der Waals surface area (Å²) in [7, 11) is 0. The highest BCUT2D eigenvalue weighted by molar-refractivity contribution is 6.29. The summed E-state index contributed by atoms with van der Waals surface area (Å²) in [4.78, 5) is 26.6. The third-order valence-electron chi connectivity index (χ3n) is 5.55. The number of fused-ring (bicyclic) bond motifs is 3. The minimum atomic E-state index is -0.740. The Labute approximate surface area is 176 Å². The number of benzene rings is 1. The molecular weight excluding hydrogens is 404 g/mol. The molecule has 0 bridgehead atoms. The van der Waals surface area contributed by atoms with Gasteiger partial charge in [-0.2, -0.15) is 0 Å². The van der Waals surface area contributed by atoms with Crippen LogP contribution in [0.15, 0.2) is 53.8 Å². The Balaban J connectivity index is 1.71. The van der Waals surface area contributed by atoms with Crippen LogP contribution >= 0.6 is 11.6 Å². The average Bonchev–Trinajstić information content (AvgIpc) is 2.75. The lowest BCUT2D eigenvalue weighted by Gasteiger charge is -2.29. The van der Waals surface area contributed by atoms with Crippen LogP contribution in [-0.4, -0.2) is 43.9 Å². The molecule has 0 amide bonds. The van der Waals surface area contributed by atoms with E-state index >= 15 is 0 Å². The van der Waals surface area contributed by atoms with Crippen molar-refractivity contribution in [3.63, 3.8) is 0 Å². The fourth-order valence-corrected chi connectivity index (χ4v) is 4.30. The first-order valence-electron chi connectivity index (χ1n) is 9.75. The van der Waals surface area contributed by atoms with Gasteiger partial charge in [0.2, 0.25) is 0 Å². The van der Waals surface area contributed by atoms with Crippen LogP contribution in [0.3, 0.4) is 0 Å². The van der Waals surface area contributed by atoms with Crippen molar-refractivity contribution in [1.82, 2.24) is 19.5 Å². The third-order valence-corrected chi connectivity index (χ3v) is 5.76. The predicted molar refractivity (Wildman–Crippen MR) is 114 cm³/mol. The molecule has 152 valence electrons. The Morgan fingerprint density at radius 1 is 1.13 bits per heavy atom. The van der Waals surface area contributed by atoms with Crippen molar-refractivity contribution >= 4 is 33.4 Å². The van der Waals surface area contributed by atoms with Gasteiger partial charge in [-0.1, -0.05) is 11.6 Å². The smallest absolute Gasteiger partial charge is 0.261 e. The second-order valence-electron chi connectivity index (χ2n) is 7.45. The van der Waals surface area contributed by atoms with Gasteiger partial charge in [0.25, 0.3) is 5.56 Å². The molecule has 0 aliphatic carbocycles. The zero-order chi connectivity index (χ0) is 20.7. The number of halogens is 1. The molecule has 1 N–H and O–H groups in total. The van der Waals surface area contributed by atoms with E-state index in [0.717, 1.165) is 22.0 Å². The van der Waals surface area contributed by atoms with E-state index < -0.39 is 6.10 Å². The normalized spacial score (nSPS) is 19.4. The molecule has 0 unspecified atom stereocenters. The van der Waals surface area contributed by atoms with Gasteiger partial charge in [-0.15, -0.1) is 0 Å². The zero-order valence-electron chi connectivity index (χ0n) is 16.0. The minimum absolute atomic E-state index is 0.175. The molecule has 7 nitrogen and oxygen atoms in total. The summed E-state index contributed by atoms with van der Waals surface area (Å²) in [6.07, 6.45) is 5.30. The summed E-state index contributed by atoms with van der Waals surface area (Å²) in [5.41, 5.74) is 3.12. The van der Waals surface area contributed by atoms with Gasteiger partial charge in [0.05, 0.1) is 41.5 Å². The van der Waals surface area contributed by atoms with Crippen molar-refractivity contribution in [2.24, 2.45) is 0 Å². The number of aromatic nitrogens is 4. The van der Waals surface area contributed by atoms with Crippen molar-refractivity contribution in [1.29, 1.82) is 0 Å². The number of ether oxygens (including phenoxy) is 1. The maximum absolute atomic E-state index is 13.4. The minimum Gasteiger partial charge on any atom is -0.389 e. The molecule has 5 rings (SSSR count). The number of hydrogen-bond acceptors (Lipinski definition) is 6. The second-order valence-corrected chi connectivity index (χ2v) is 7.84. The van der Waals surface area contributed by atoms with Crippen LogP contribution in [0.4, 0.5) is 0 Å². The van der Waals surface area contributed by atoms with Crippen molar-refractivity contribution in [2.75, 3.05) is 13.2 Å². The lowest BCUT2D eigenvalue weighted by molar-refractivity contribution is -0.0395. The van der Waals surface area contributed by atoms with Gasteiger partial charge in [0.15, 0.2) is 0 Å². The van der Waals surface area contributed by atoms with E-state index in [1.54, 1.807) is 18.5 Å². The number of aliphatic hydroxyl groups excluding tert-OH is 1. The average molecular weight is 423 g/mol. The zero-order valence-corrected chi connectivity index (χ0v) is 16.8. The van der Waals surface area contributed by atoms with E-state index in [4.69, 9.17) is 16.3 Å². The summed E-state index contributed by atoms with van der Waals surface area (Å²) in [6, 6.07) is 8.97. The summed E-state index contributed by atoms with van der Waals surface area (Å²) < 4.78 is 6.84. The molecule has 3 aromatic heterocycles. The first-order valence-corrected chi connectivity index (χ1v) is 10.1. The maximum atomic E-state index is 13.4. The lowest BCUT2D eigenvalue weighted by Crippen LogP contribution is -2.39. The Kier molecular flexibility index (Phi) is 4.94. The molecule has 8 heteroatoms. The number of rotatable bonds is 3. The number of nitrogens with zero attached hydrogens (tertiary/aromatic N) is 4. The quantitative estimate of drug-likeness (QED) is 0.403. The molecule has 1 aliphatic rings. The van der Waals surface area contributed by atoms with Crippen LogP contribution < -0.4 is 5.56 Å². The Hall–Kier alpha value is -2.87. The molecule has 1 saturated heterocycles. The Morgan fingerprint density at radius 3 is 2.87 bits per heavy atom. The molecule has 1 aliphatic heterocycles. The number of hydrogen-bond donors (Lipinski definition) is 1. The highest BCUT2D eigenvalue weighted by atomic mass is 35.5. The molecule has 4 heterocycles. The van der Waals surface area contributed by atoms with Gasteiger partial charge in [-0.05, 0) is 54.3 Å². The van der Waals surface area contributed by atoms with Crippen LogP contribution in [0.25, 0.3) is 21.8 Å². The van der Waals surface area contributed by atoms with Crippen LogP contribution in [-0.2, 0) is 11.2 Å². The first-order chi connectivity index (χ1) is 14.6. The predicted octanol–water partition coefficient (Wildman–Crippen LogP) is 2.91. The SMILES string of the molecule is O=c1c2cc(Cc3ccnc(Cl)c3)c3ncccc3c2ncn1[C@H]1CCOC[C@@H]1O. The molecule has 1 fully saturated rings. The molecule has 4 aromatic rings. The Bertz CT molecular complexity index is 1310. The van der Waals surface area contributed by atoms with E-state index in [-0.39, 0.29) is 18.2 Å². The molecule has 30 heavy (non-hydrogen) atoms. The molecule has 2 atom stereocenters. The topological polar surface area (TPSA) is 90.1 Å². The van der Waals surface area contributed by atoms with Gasteiger partial charge in [0.1, 0.15) is 5.15 Å². The highest BCUT2D eigenvalue weighted by Gasteiger charge is 2.27. The summed E-state index contributed by atoms with van der Waals surface area (Å²) in [5.74, 6) is 0. The standard InChI is InChI=1S/C22H19ClN4O3/c23-19-9-13(3-6-24-19)8-14-10-16-21(15-2-1-5-25-20(14)15)26-12-27(22(16)29)17-4-7-30-11-18(17)28/h1-3,5-6,9-10,12,17-18,28H,4,7-8,11H2/t17-,18-/m0/s1. The summed E-state index contributed by atoms with van der Waals surface area (Å²) in [6.45, 7) is 0.715. The first kappa shape index (κ1) is 19.1. The monoisotopic (exact) mass is 422 g/mol. The van der Waals surface area contributed by atoms with Crippen molar-refractivity contribution in [3.8, 4) is 0 Å². The van der Waals surface area contributed by atoms with Gasteiger partial charge >= 0.3 is 0 Å². The van der Waals surface area contributed by atoms with Gasteiger partial charge in [-0.25, -0.2) is 9.97 Å². The maximum Gasteiger partial charge on any atom is 0.261 e. The van der Waals surface area contributed by atoms with Crippen LogP contribution in [0.5, 0.6) is 0 Å². The van der Waals surface area contributed by atoms with E-state index in [1.165, 1.54) is 10.9 Å². The van der Waals surface area contributed by atoms with E-state index in [1.807, 2.05) is 24.3 Å². The molecular formula is C22H19ClN4O3. The van der Waals surface area contributed by atoms with Crippen molar-refractivity contribution in [3.05, 3.63) is 75.7 Å². The fourth-order valence-electron chi connectivity index (χ4n) is 4.10. The van der Waals surface area contributed by atoms with Gasteiger partial charge in [0, 0.05) is 24.4 Å². The van der Waals surface area contributed by atoms with E-state index in [9.17, 15) is 9.90 Å². The largest absolute Gasteiger partial charge is 0.389 e. The van der Waals surface area contributed by atoms with Gasteiger partial charge in [-0.3, -0.25) is 14.3 Å². The molecule has 0 spiro atoms. The Morgan fingerprint density at radius 2 is 2.03 bits per heavy atom. The lowest BCUT2D eigenvalue weighted by atomic mass is 9.99. The number of aliphatic hydroxyl groups is 1. The second kappa shape index (κ2) is 7.75. The number of pyridine rings is 2. The van der Waals surface area contributed by atoms with Crippen LogP contribution in [0.2, 0.25) is 5.15 Å².